The van der Waals surface area contributed by atoms with Gasteiger partial charge in [-0.1, -0.05) is 0 Å². The van der Waals surface area contributed by atoms with Gasteiger partial charge in [-0.15, -0.1) is 0 Å². The van der Waals surface area contributed by atoms with E-state index in [1.165, 1.54) is 0 Å². The lowest BCUT2D eigenvalue weighted by molar-refractivity contribution is 0.0951. The summed E-state index contributed by atoms with van der Waals surface area (Å²) in [5.74, 6) is 0.642. The Balaban J connectivity index is 1.97. The van der Waals surface area contributed by atoms with Gasteiger partial charge >= 0.3 is 0 Å². The molecule has 0 saturated heterocycles. The first kappa shape index (κ1) is 12.6. The monoisotopic (exact) mass is 261 g/mol. The second-order valence-corrected chi connectivity index (χ2v) is 4.55. The first-order chi connectivity index (χ1) is 8.79. The molecule has 2 rings (SSSR count). The molecule has 2 aromatic heterocycles. The van der Waals surface area contributed by atoms with E-state index in [0.717, 1.165) is 17.9 Å². The molecule has 94 valence electrons. The van der Waals surface area contributed by atoms with Gasteiger partial charge in [-0.3, -0.25) is 4.79 Å². The highest BCUT2D eigenvalue weighted by molar-refractivity contribution is 7.07. The number of carbonyl (C=O) groups excluding carboxylic acids is 1. The van der Waals surface area contributed by atoms with Gasteiger partial charge in [0.25, 0.3) is 5.91 Å². The molecule has 0 atom stereocenters. The van der Waals surface area contributed by atoms with Gasteiger partial charge in [-0.25, -0.2) is 4.98 Å². The number of hydrogen-bond donors (Lipinski definition) is 2. The van der Waals surface area contributed by atoms with Crippen LogP contribution in [0.3, 0.4) is 0 Å². The van der Waals surface area contributed by atoms with Gasteiger partial charge in [-0.2, -0.15) is 11.3 Å². The van der Waals surface area contributed by atoms with Crippen molar-refractivity contribution in [2.24, 2.45) is 0 Å². The number of pyridine rings is 1. The number of rotatable bonds is 5. The molecule has 0 radical (unpaired) electrons. The Morgan fingerprint density at radius 3 is 3.06 bits per heavy atom. The molecule has 0 aromatic carbocycles. The molecule has 0 fully saturated rings. The van der Waals surface area contributed by atoms with E-state index in [4.69, 9.17) is 0 Å². The number of thiophene rings is 1. The second kappa shape index (κ2) is 6.16. The van der Waals surface area contributed by atoms with Crippen LogP contribution in [0.1, 0.15) is 22.8 Å². The molecule has 0 spiro atoms. The zero-order chi connectivity index (χ0) is 12.8. The summed E-state index contributed by atoms with van der Waals surface area (Å²) in [5, 5.41) is 9.99. The molecule has 2 aromatic rings. The highest BCUT2D eigenvalue weighted by atomic mass is 32.1. The molecule has 1 amide bonds. The average molecular weight is 261 g/mol. The summed E-state index contributed by atoms with van der Waals surface area (Å²) in [7, 11) is 0. The first-order valence-corrected chi connectivity index (χ1v) is 6.73. The van der Waals surface area contributed by atoms with Crippen LogP contribution in [0.25, 0.3) is 0 Å². The third-order valence-electron chi connectivity index (χ3n) is 2.41. The summed E-state index contributed by atoms with van der Waals surface area (Å²) in [5.41, 5.74) is 1.74. The smallest absolute Gasteiger partial charge is 0.251 e. The molecule has 0 aliphatic rings. The van der Waals surface area contributed by atoms with Crippen LogP contribution in [-0.4, -0.2) is 17.4 Å². The lowest BCUT2D eigenvalue weighted by Crippen LogP contribution is -2.22. The minimum atomic E-state index is -0.0808. The number of hydrogen-bond acceptors (Lipinski definition) is 4. The fraction of sp³-hybridized carbons (Fsp3) is 0.231. The molecular weight excluding hydrogens is 246 g/mol. The summed E-state index contributed by atoms with van der Waals surface area (Å²) in [6.07, 6.45) is 1.64. The summed E-state index contributed by atoms with van der Waals surface area (Å²) in [6.45, 7) is 3.33. The molecule has 2 heterocycles. The zero-order valence-electron chi connectivity index (χ0n) is 10.1. The van der Waals surface area contributed by atoms with Gasteiger partial charge in [0.15, 0.2) is 0 Å². The first-order valence-electron chi connectivity index (χ1n) is 5.79. The van der Waals surface area contributed by atoms with Crippen LogP contribution >= 0.6 is 11.3 Å². The van der Waals surface area contributed by atoms with E-state index < -0.39 is 0 Å². The third-order valence-corrected chi connectivity index (χ3v) is 3.15. The molecule has 5 heteroatoms. The molecular formula is C13H15N3OS. The van der Waals surface area contributed by atoms with E-state index in [1.54, 1.807) is 29.7 Å². The normalized spacial score (nSPS) is 10.1. The number of anilines is 1. The summed E-state index contributed by atoms with van der Waals surface area (Å²) in [6, 6.07) is 5.47. The lowest BCUT2D eigenvalue weighted by atomic mass is 10.2. The molecule has 0 bridgehead atoms. The quantitative estimate of drug-likeness (QED) is 0.869. The van der Waals surface area contributed by atoms with Crippen LogP contribution in [0.2, 0.25) is 0 Å². The van der Waals surface area contributed by atoms with Crippen molar-refractivity contribution in [3.05, 3.63) is 46.3 Å². The van der Waals surface area contributed by atoms with Gasteiger partial charge in [-0.05, 0) is 41.4 Å². The molecule has 0 aliphatic carbocycles. The second-order valence-electron chi connectivity index (χ2n) is 3.77. The largest absolute Gasteiger partial charge is 0.370 e. The van der Waals surface area contributed by atoms with Crippen LogP contribution in [0, 0.1) is 0 Å². The number of amides is 1. The van der Waals surface area contributed by atoms with Gasteiger partial charge in [0.1, 0.15) is 5.82 Å². The molecule has 4 nitrogen and oxygen atoms in total. The average Bonchev–Trinajstić information content (AvgIpc) is 2.90. The van der Waals surface area contributed by atoms with Crippen molar-refractivity contribution < 1.29 is 4.79 Å². The SMILES string of the molecule is CCNc1cc(C(=O)NCc2ccsc2)ccn1. The van der Waals surface area contributed by atoms with E-state index in [-0.39, 0.29) is 5.91 Å². The van der Waals surface area contributed by atoms with Crippen LogP contribution in [0.15, 0.2) is 35.2 Å². The Kier molecular flexibility index (Phi) is 4.30. The molecule has 18 heavy (non-hydrogen) atoms. The van der Waals surface area contributed by atoms with Crippen molar-refractivity contribution in [1.29, 1.82) is 0 Å². The Hall–Kier alpha value is -1.88. The van der Waals surface area contributed by atoms with E-state index in [2.05, 4.69) is 15.6 Å². The van der Waals surface area contributed by atoms with Crippen LogP contribution in [0.5, 0.6) is 0 Å². The number of carbonyl (C=O) groups is 1. The predicted octanol–water partition coefficient (Wildman–Crippen LogP) is 2.50. The van der Waals surface area contributed by atoms with Gasteiger partial charge in [0, 0.05) is 24.8 Å². The standard InChI is InChI=1S/C13H15N3OS/c1-2-14-12-7-11(3-5-15-12)13(17)16-8-10-4-6-18-9-10/h3-7,9H,2,8H2,1H3,(H,14,15)(H,16,17). The topological polar surface area (TPSA) is 54.0 Å². The molecule has 0 unspecified atom stereocenters. The fourth-order valence-electron chi connectivity index (χ4n) is 1.53. The van der Waals surface area contributed by atoms with Crippen LogP contribution in [0.4, 0.5) is 5.82 Å². The minimum Gasteiger partial charge on any atom is -0.370 e. The van der Waals surface area contributed by atoms with Crippen LogP contribution in [-0.2, 0) is 6.54 Å². The maximum absolute atomic E-state index is 11.9. The maximum Gasteiger partial charge on any atom is 0.251 e. The summed E-state index contributed by atoms with van der Waals surface area (Å²) >= 11 is 1.62. The van der Waals surface area contributed by atoms with Crippen LogP contribution < -0.4 is 10.6 Å². The van der Waals surface area contributed by atoms with Crippen molar-refractivity contribution in [3.8, 4) is 0 Å². The minimum absolute atomic E-state index is 0.0808. The Morgan fingerprint density at radius 2 is 2.33 bits per heavy atom. The molecule has 2 N–H and O–H groups in total. The molecule has 0 saturated carbocycles. The van der Waals surface area contributed by atoms with Gasteiger partial charge < -0.3 is 10.6 Å². The predicted molar refractivity (Wildman–Crippen MR) is 73.9 cm³/mol. The van der Waals surface area contributed by atoms with E-state index in [0.29, 0.717) is 12.1 Å². The Bertz CT molecular complexity index is 511. The Labute approximate surface area is 110 Å². The van der Waals surface area contributed by atoms with Crippen molar-refractivity contribution in [2.75, 3.05) is 11.9 Å². The highest BCUT2D eigenvalue weighted by Gasteiger charge is 2.06. The van der Waals surface area contributed by atoms with Gasteiger partial charge in [0.2, 0.25) is 0 Å². The number of nitrogens with zero attached hydrogens (tertiary/aromatic N) is 1. The van der Waals surface area contributed by atoms with Gasteiger partial charge in [0.05, 0.1) is 0 Å². The highest BCUT2D eigenvalue weighted by Crippen LogP contribution is 2.08. The van der Waals surface area contributed by atoms with Crippen molar-refractivity contribution in [2.45, 2.75) is 13.5 Å². The number of aromatic nitrogens is 1. The summed E-state index contributed by atoms with van der Waals surface area (Å²) < 4.78 is 0. The molecule has 0 aliphatic heterocycles. The maximum atomic E-state index is 11.9. The lowest BCUT2D eigenvalue weighted by Gasteiger charge is -2.06. The Morgan fingerprint density at radius 1 is 1.44 bits per heavy atom. The van der Waals surface area contributed by atoms with Crippen molar-refractivity contribution >= 4 is 23.1 Å². The van der Waals surface area contributed by atoms with E-state index >= 15 is 0 Å². The van der Waals surface area contributed by atoms with Crippen molar-refractivity contribution in [1.82, 2.24) is 10.3 Å². The fourth-order valence-corrected chi connectivity index (χ4v) is 2.20. The van der Waals surface area contributed by atoms with Crippen molar-refractivity contribution in [3.63, 3.8) is 0 Å². The zero-order valence-corrected chi connectivity index (χ0v) is 11.0. The summed E-state index contributed by atoms with van der Waals surface area (Å²) in [4.78, 5) is 16.1. The van der Waals surface area contributed by atoms with E-state index in [1.807, 2.05) is 23.8 Å². The third kappa shape index (κ3) is 3.30. The number of nitrogens with one attached hydrogen (secondary N) is 2. The van der Waals surface area contributed by atoms with E-state index in [9.17, 15) is 4.79 Å².